The molecule has 4 heteroatoms. The highest BCUT2D eigenvalue weighted by Crippen LogP contribution is 2.33. The number of halogens is 2. The fraction of sp³-hybridized carbons (Fsp3) is 0.125. The molecule has 1 unspecified atom stereocenters. The third kappa shape index (κ3) is 2.08. The second-order valence-corrected chi connectivity index (χ2v) is 4.69. The van der Waals surface area contributed by atoms with Gasteiger partial charge in [-0.15, -0.1) is 0 Å². The van der Waals surface area contributed by atoms with E-state index in [-0.39, 0.29) is 5.82 Å². The van der Waals surface area contributed by atoms with Gasteiger partial charge < -0.3 is 9.52 Å². The molecule has 0 aliphatic carbocycles. The van der Waals surface area contributed by atoms with Crippen molar-refractivity contribution >= 4 is 11.0 Å². The zero-order chi connectivity index (χ0) is 14.3. The van der Waals surface area contributed by atoms with E-state index in [1.54, 1.807) is 13.0 Å². The molecule has 0 bridgehead atoms. The zero-order valence-corrected chi connectivity index (χ0v) is 10.7. The minimum Gasteiger partial charge on any atom is -0.458 e. The summed E-state index contributed by atoms with van der Waals surface area (Å²) in [6.07, 6.45) is -1.08. The molecule has 2 aromatic carbocycles. The van der Waals surface area contributed by atoms with Crippen molar-refractivity contribution in [2.75, 3.05) is 0 Å². The van der Waals surface area contributed by atoms with E-state index >= 15 is 0 Å². The Bertz CT molecular complexity index is 777. The van der Waals surface area contributed by atoms with E-state index in [1.807, 2.05) is 0 Å². The monoisotopic (exact) mass is 274 g/mol. The number of hydrogen-bond acceptors (Lipinski definition) is 2. The molecule has 0 fully saturated rings. The first-order chi connectivity index (χ1) is 9.56. The summed E-state index contributed by atoms with van der Waals surface area (Å²) in [4.78, 5) is 0. The van der Waals surface area contributed by atoms with Gasteiger partial charge in [-0.25, -0.2) is 8.78 Å². The molecule has 0 saturated heterocycles. The van der Waals surface area contributed by atoms with E-state index < -0.39 is 11.9 Å². The van der Waals surface area contributed by atoms with Crippen LogP contribution in [-0.4, -0.2) is 5.11 Å². The molecule has 0 saturated carbocycles. The predicted molar refractivity (Wildman–Crippen MR) is 71.4 cm³/mol. The Morgan fingerprint density at radius 2 is 1.80 bits per heavy atom. The van der Waals surface area contributed by atoms with Gasteiger partial charge in [-0.1, -0.05) is 12.1 Å². The summed E-state index contributed by atoms with van der Waals surface area (Å²) in [5, 5.41) is 10.9. The lowest BCUT2D eigenvalue weighted by Gasteiger charge is -2.09. The summed E-state index contributed by atoms with van der Waals surface area (Å²) in [5.74, 6) is -0.495. The fourth-order valence-corrected chi connectivity index (χ4v) is 2.30. The van der Waals surface area contributed by atoms with Gasteiger partial charge in [0.25, 0.3) is 0 Å². The highest BCUT2D eigenvalue weighted by molar-refractivity contribution is 5.82. The number of rotatable bonds is 2. The van der Waals surface area contributed by atoms with Crippen LogP contribution in [0.3, 0.4) is 0 Å². The van der Waals surface area contributed by atoms with Gasteiger partial charge in [0.05, 0.1) is 0 Å². The van der Waals surface area contributed by atoms with Gasteiger partial charge in [-0.2, -0.15) is 0 Å². The van der Waals surface area contributed by atoms with Gasteiger partial charge in [0, 0.05) is 10.9 Å². The topological polar surface area (TPSA) is 33.4 Å². The molecule has 102 valence electrons. The summed E-state index contributed by atoms with van der Waals surface area (Å²) in [6, 6.07) is 9.85. The Balaban J connectivity index is 2.12. The Morgan fingerprint density at radius 1 is 1.05 bits per heavy atom. The van der Waals surface area contributed by atoms with Crippen molar-refractivity contribution in [1.29, 1.82) is 0 Å². The summed E-state index contributed by atoms with van der Waals surface area (Å²) in [5.41, 5.74) is 1.54. The molecule has 0 aliphatic heterocycles. The Labute approximate surface area is 114 Å². The zero-order valence-electron chi connectivity index (χ0n) is 10.7. The number of aliphatic hydroxyl groups is 1. The van der Waals surface area contributed by atoms with E-state index in [9.17, 15) is 13.9 Å². The molecule has 1 heterocycles. The number of furan rings is 1. The van der Waals surface area contributed by atoms with Crippen molar-refractivity contribution < 1.29 is 18.3 Å². The molecule has 0 radical (unpaired) electrons. The van der Waals surface area contributed by atoms with Gasteiger partial charge in [0.2, 0.25) is 0 Å². The van der Waals surface area contributed by atoms with Crippen LogP contribution in [0.2, 0.25) is 0 Å². The SMILES string of the molecule is Cc1c(C(O)c2cccc(F)c2)oc2ccc(F)cc12. The molecule has 1 aromatic heterocycles. The van der Waals surface area contributed by atoms with Crippen molar-refractivity contribution in [3.8, 4) is 0 Å². The maximum Gasteiger partial charge on any atom is 0.141 e. The third-order valence-electron chi connectivity index (χ3n) is 3.35. The van der Waals surface area contributed by atoms with Crippen LogP contribution in [-0.2, 0) is 0 Å². The van der Waals surface area contributed by atoms with E-state index in [0.717, 1.165) is 0 Å². The molecule has 20 heavy (non-hydrogen) atoms. The highest BCUT2D eigenvalue weighted by atomic mass is 19.1. The van der Waals surface area contributed by atoms with Crippen LogP contribution in [0, 0.1) is 18.6 Å². The number of benzene rings is 2. The molecule has 3 aromatic rings. The number of hydrogen-bond donors (Lipinski definition) is 1. The first kappa shape index (κ1) is 12.8. The van der Waals surface area contributed by atoms with Crippen LogP contribution in [0.4, 0.5) is 8.78 Å². The van der Waals surface area contributed by atoms with Crippen molar-refractivity contribution in [2.45, 2.75) is 13.0 Å². The van der Waals surface area contributed by atoms with Crippen molar-refractivity contribution in [3.63, 3.8) is 0 Å². The lowest BCUT2D eigenvalue weighted by molar-refractivity contribution is 0.191. The lowest BCUT2D eigenvalue weighted by Crippen LogP contribution is -2.00. The van der Waals surface area contributed by atoms with Crippen molar-refractivity contribution in [1.82, 2.24) is 0 Å². The van der Waals surface area contributed by atoms with Crippen LogP contribution in [0.1, 0.15) is 23.0 Å². The molecular weight excluding hydrogens is 262 g/mol. The Kier molecular flexibility index (Phi) is 3.03. The molecule has 0 spiro atoms. The third-order valence-corrected chi connectivity index (χ3v) is 3.35. The van der Waals surface area contributed by atoms with Crippen LogP contribution in [0.5, 0.6) is 0 Å². The first-order valence-electron chi connectivity index (χ1n) is 6.18. The maximum atomic E-state index is 13.2. The van der Waals surface area contributed by atoms with Crippen LogP contribution < -0.4 is 0 Å². The van der Waals surface area contributed by atoms with E-state index in [4.69, 9.17) is 4.42 Å². The second kappa shape index (κ2) is 4.72. The van der Waals surface area contributed by atoms with E-state index in [1.165, 1.54) is 36.4 Å². The summed E-state index contributed by atoms with van der Waals surface area (Å²) >= 11 is 0. The van der Waals surface area contributed by atoms with Crippen LogP contribution in [0.15, 0.2) is 46.9 Å². The predicted octanol–water partition coefficient (Wildman–Crippen LogP) is 4.10. The normalized spacial score (nSPS) is 12.8. The number of aliphatic hydroxyl groups excluding tert-OH is 1. The second-order valence-electron chi connectivity index (χ2n) is 4.69. The summed E-state index contributed by atoms with van der Waals surface area (Å²) in [7, 11) is 0. The molecule has 0 amide bonds. The quantitative estimate of drug-likeness (QED) is 0.763. The van der Waals surface area contributed by atoms with Gasteiger partial charge in [-0.3, -0.25) is 0 Å². The first-order valence-corrected chi connectivity index (χ1v) is 6.18. The van der Waals surface area contributed by atoms with E-state index in [2.05, 4.69) is 0 Å². The number of aryl methyl sites for hydroxylation is 1. The molecule has 3 rings (SSSR count). The van der Waals surface area contributed by atoms with E-state index in [0.29, 0.717) is 27.9 Å². The summed E-state index contributed by atoms with van der Waals surface area (Å²) < 4.78 is 32.0. The maximum absolute atomic E-state index is 13.2. The fourth-order valence-electron chi connectivity index (χ4n) is 2.30. The van der Waals surface area contributed by atoms with Gasteiger partial charge in [0.1, 0.15) is 29.1 Å². The smallest absolute Gasteiger partial charge is 0.141 e. The van der Waals surface area contributed by atoms with Gasteiger partial charge >= 0.3 is 0 Å². The Morgan fingerprint density at radius 3 is 2.55 bits per heavy atom. The Hall–Kier alpha value is -2.20. The van der Waals surface area contributed by atoms with Gasteiger partial charge in [-0.05, 0) is 42.8 Å². The van der Waals surface area contributed by atoms with Gasteiger partial charge in [0.15, 0.2) is 0 Å². The number of fused-ring (bicyclic) bond motifs is 1. The van der Waals surface area contributed by atoms with Crippen LogP contribution in [0.25, 0.3) is 11.0 Å². The highest BCUT2D eigenvalue weighted by Gasteiger charge is 2.20. The average Bonchev–Trinajstić information content (AvgIpc) is 2.75. The molecule has 1 N–H and O–H groups in total. The average molecular weight is 274 g/mol. The molecule has 1 atom stereocenters. The summed E-state index contributed by atoms with van der Waals surface area (Å²) in [6.45, 7) is 1.74. The lowest BCUT2D eigenvalue weighted by atomic mass is 10.0. The minimum absolute atomic E-state index is 0.302. The van der Waals surface area contributed by atoms with Crippen molar-refractivity contribution in [3.05, 3.63) is 71.0 Å². The molecular formula is C16H12F2O2. The largest absolute Gasteiger partial charge is 0.458 e. The standard InChI is InChI=1S/C16H12F2O2/c1-9-13-8-12(18)5-6-14(13)20-16(9)15(19)10-3-2-4-11(17)7-10/h2-8,15,19H,1H3. The minimum atomic E-state index is -1.08. The van der Waals surface area contributed by atoms with Crippen molar-refractivity contribution in [2.24, 2.45) is 0 Å². The molecule has 2 nitrogen and oxygen atoms in total. The van der Waals surface area contributed by atoms with Crippen LogP contribution >= 0.6 is 0 Å². The molecule has 0 aliphatic rings.